The van der Waals surface area contributed by atoms with Gasteiger partial charge >= 0.3 is 52.5 Å². The smallest absolute Gasteiger partial charge is 0.0809 e. The van der Waals surface area contributed by atoms with E-state index in [9.17, 15) is 0 Å². The van der Waals surface area contributed by atoms with Crippen LogP contribution in [0.25, 0.3) is 0 Å². The molecule has 0 amide bonds. The fraction of sp³-hybridized carbons (Fsp3) is 1.00. The second kappa shape index (κ2) is 16.2. The van der Waals surface area contributed by atoms with Gasteiger partial charge in [0.25, 0.3) is 0 Å². The van der Waals surface area contributed by atoms with Crippen molar-refractivity contribution >= 4 is 15.2 Å². The first-order chi connectivity index (χ1) is 4.83. The molecule has 0 aliphatic carbocycles. The number of unbranched alkanes of at least 4 members (excludes halogenated alkanes) is 1. The Bertz CT molecular complexity index is 36.2. The second-order valence-corrected chi connectivity index (χ2v) is 4.10. The van der Waals surface area contributed by atoms with Gasteiger partial charge in [-0.15, -0.1) is 6.61 Å². The van der Waals surface area contributed by atoms with Crippen LogP contribution in [0.15, 0.2) is 0 Å². The minimum absolute atomic E-state index is 0. The molecule has 0 aromatic heterocycles. The molecule has 2 heteroatoms. The van der Waals surface area contributed by atoms with E-state index >= 15 is 0 Å². The minimum Gasteiger partial charge on any atom is -0.855 e. The van der Waals surface area contributed by atoms with Crippen LogP contribution in [0.1, 0.15) is 33.6 Å². The van der Waals surface area contributed by atoms with E-state index in [0.29, 0.717) is 0 Å². The Balaban J connectivity index is 0. The van der Waals surface area contributed by atoms with E-state index < -0.39 is 0 Å². The molecule has 0 aliphatic heterocycles. The van der Waals surface area contributed by atoms with E-state index in [1.54, 1.807) is 6.92 Å². The van der Waals surface area contributed by atoms with Gasteiger partial charge in [0.1, 0.15) is 0 Å². The van der Waals surface area contributed by atoms with E-state index in [4.69, 9.17) is 5.11 Å². The first-order valence-electron chi connectivity index (χ1n) is 4.23. The van der Waals surface area contributed by atoms with Gasteiger partial charge < -0.3 is 5.11 Å². The Hall–Kier alpha value is 0.492. The summed E-state index contributed by atoms with van der Waals surface area (Å²) in [5.41, 5.74) is 0. The molecule has 0 unspecified atom stereocenters. The summed E-state index contributed by atoms with van der Waals surface area (Å²) in [6.45, 7) is 6.11. The molecule has 60 valence electrons. The monoisotopic (exact) mass is 158 g/mol. The SMILES string of the molecule is CCC[CH2][Al+][CH2]C.CC[O-]. The Labute approximate surface area is 71.5 Å². The summed E-state index contributed by atoms with van der Waals surface area (Å²) in [4.78, 5) is 0. The Morgan fingerprint density at radius 3 is 2.00 bits per heavy atom. The van der Waals surface area contributed by atoms with Gasteiger partial charge in [-0.2, -0.15) is 0 Å². The van der Waals surface area contributed by atoms with Crippen LogP contribution < -0.4 is 5.11 Å². The molecule has 0 N–H and O–H groups in total. The maximum atomic E-state index is 8.93. The molecule has 1 nitrogen and oxygen atoms in total. The largest absolute Gasteiger partial charge is 0.855 e. The molecule has 0 rings (SSSR count). The average Bonchev–Trinajstić information content (AvgIpc) is 1.91. The predicted molar refractivity (Wildman–Crippen MR) is 46.5 cm³/mol. The maximum Gasteiger partial charge on any atom is -0.0809 e. The standard InChI is InChI=1S/C4H9.C2H5O.C2H5.Al/c1-3-4-2;1-2-3;1-2;/h1,3-4H2,2H3;2H2,1H3;1H2,2H3;/q;-1;;+1. The van der Waals surface area contributed by atoms with Crippen LogP contribution in [0.3, 0.4) is 0 Å². The maximum absolute atomic E-state index is 8.93. The van der Waals surface area contributed by atoms with Crippen LogP contribution in [-0.4, -0.2) is 21.8 Å². The van der Waals surface area contributed by atoms with Crippen LogP contribution in [0.2, 0.25) is 10.6 Å². The summed E-state index contributed by atoms with van der Waals surface area (Å²) >= 11 is 0.816. The summed E-state index contributed by atoms with van der Waals surface area (Å²) in [6.07, 6.45) is 2.84. The van der Waals surface area contributed by atoms with Crippen molar-refractivity contribution in [3.8, 4) is 0 Å². The van der Waals surface area contributed by atoms with E-state index in [2.05, 4.69) is 13.8 Å². The molecule has 0 bridgehead atoms. The van der Waals surface area contributed by atoms with Gasteiger partial charge in [0, 0.05) is 0 Å². The van der Waals surface area contributed by atoms with Crippen LogP contribution in [0, 0.1) is 0 Å². The molecule has 0 aromatic rings. The fourth-order valence-corrected chi connectivity index (χ4v) is 1.66. The van der Waals surface area contributed by atoms with Crippen LogP contribution >= 0.6 is 0 Å². The van der Waals surface area contributed by atoms with Crippen molar-refractivity contribution in [3.05, 3.63) is 0 Å². The van der Waals surface area contributed by atoms with Gasteiger partial charge in [-0.05, 0) is 0 Å². The Morgan fingerprint density at radius 1 is 1.20 bits per heavy atom. The van der Waals surface area contributed by atoms with Gasteiger partial charge in [0.05, 0.1) is 0 Å². The first kappa shape index (κ1) is 13.1. The molecular weight excluding hydrogens is 139 g/mol. The average molecular weight is 158 g/mol. The number of hydrogen-bond donors (Lipinski definition) is 0. The Kier molecular flexibility index (Phi) is 21.3. The third kappa shape index (κ3) is 23.6. The zero-order valence-corrected chi connectivity index (χ0v) is 8.68. The van der Waals surface area contributed by atoms with Gasteiger partial charge in [-0.25, -0.2) is 0 Å². The molecule has 0 radical (unpaired) electrons. The van der Waals surface area contributed by atoms with Crippen molar-refractivity contribution < 1.29 is 5.11 Å². The summed E-state index contributed by atoms with van der Waals surface area (Å²) in [5, 5.41) is 11.9. The van der Waals surface area contributed by atoms with Crippen molar-refractivity contribution in [2.75, 3.05) is 6.61 Å². The van der Waals surface area contributed by atoms with Crippen LogP contribution in [0.4, 0.5) is 0 Å². The predicted octanol–water partition coefficient (Wildman–Crippen LogP) is 1.71. The third-order valence-corrected chi connectivity index (χ3v) is 2.44. The summed E-state index contributed by atoms with van der Waals surface area (Å²) in [7, 11) is 0. The topological polar surface area (TPSA) is 23.1 Å². The number of hydrogen-bond acceptors (Lipinski definition) is 1. The van der Waals surface area contributed by atoms with Crippen molar-refractivity contribution in [1.29, 1.82) is 0 Å². The van der Waals surface area contributed by atoms with E-state index in [1.165, 1.54) is 23.4 Å². The molecular formula is C8H19AlO. The molecule has 0 fully saturated rings. The molecule has 0 saturated heterocycles. The molecule has 10 heavy (non-hydrogen) atoms. The normalized spacial score (nSPS) is 7.60. The van der Waals surface area contributed by atoms with Crippen molar-refractivity contribution in [2.24, 2.45) is 0 Å². The fourth-order valence-electron chi connectivity index (χ4n) is 0.553. The molecule has 0 aromatic carbocycles. The number of rotatable bonds is 4. The zero-order valence-electron chi connectivity index (χ0n) is 7.52. The van der Waals surface area contributed by atoms with E-state index in [-0.39, 0.29) is 6.61 Å². The zero-order chi connectivity index (χ0) is 8.24. The molecule has 0 heterocycles. The van der Waals surface area contributed by atoms with Gasteiger partial charge in [-0.3, -0.25) is 0 Å². The van der Waals surface area contributed by atoms with Crippen LogP contribution in [-0.2, 0) is 0 Å². The summed E-state index contributed by atoms with van der Waals surface area (Å²) < 4.78 is 0. The molecule has 0 aliphatic rings. The first-order valence-corrected chi connectivity index (χ1v) is 5.86. The van der Waals surface area contributed by atoms with Gasteiger partial charge in [0.2, 0.25) is 0 Å². The van der Waals surface area contributed by atoms with E-state index in [0.717, 1.165) is 15.2 Å². The summed E-state index contributed by atoms with van der Waals surface area (Å²) in [6, 6.07) is 0. The molecule has 0 spiro atoms. The molecule has 0 saturated carbocycles. The van der Waals surface area contributed by atoms with Crippen molar-refractivity contribution in [3.63, 3.8) is 0 Å². The van der Waals surface area contributed by atoms with Gasteiger partial charge in [0.15, 0.2) is 0 Å². The van der Waals surface area contributed by atoms with Crippen molar-refractivity contribution in [1.82, 2.24) is 0 Å². The van der Waals surface area contributed by atoms with Gasteiger partial charge in [-0.1, -0.05) is 6.92 Å². The van der Waals surface area contributed by atoms with E-state index in [1.807, 2.05) is 0 Å². The minimum atomic E-state index is 0. The third-order valence-electron chi connectivity index (χ3n) is 1.05. The van der Waals surface area contributed by atoms with Crippen molar-refractivity contribution in [2.45, 2.75) is 44.2 Å². The second-order valence-electron chi connectivity index (χ2n) is 2.13. The molecule has 0 atom stereocenters. The van der Waals surface area contributed by atoms with Crippen LogP contribution in [0.5, 0.6) is 0 Å². The summed E-state index contributed by atoms with van der Waals surface area (Å²) in [5.74, 6) is 0. The quantitative estimate of drug-likeness (QED) is 0.451. The Morgan fingerprint density at radius 2 is 1.70 bits per heavy atom.